The number of halogens is 2. The molecule has 2 heterocycles. The van der Waals surface area contributed by atoms with Gasteiger partial charge >= 0.3 is 5.97 Å². The van der Waals surface area contributed by atoms with Crippen LogP contribution in [0.2, 0.25) is 10.0 Å². The molecule has 0 saturated carbocycles. The monoisotopic (exact) mass is 463 g/mol. The predicted molar refractivity (Wildman–Crippen MR) is 115 cm³/mol. The van der Waals surface area contributed by atoms with Gasteiger partial charge in [-0.25, -0.2) is 9.78 Å². The van der Waals surface area contributed by atoms with Crippen molar-refractivity contribution in [3.63, 3.8) is 0 Å². The number of ether oxygens (including phenoxy) is 2. The van der Waals surface area contributed by atoms with E-state index >= 15 is 0 Å². The van der Waals surface area contributed by atoms with Gasteiger partial charge in [-0.3, -0.25) is 4.79 Å². The summed E-state index contributed by atoms with van der Waals surface area (Å²) in [5.74, 6) is -0.0166. The van der Waals surface area contributed by atoms with Crippen LogP contribution in [0.4, 0.5) is 5.82 Å². The SMILES string of the molecule is Cc1noc(C)c1COc1cccc(C(=O)OC(C)C(=O)Nc2ncc(Cl)cc2Cl)c1. The van der Waals surface area contributed by atoms with Crippen LogP contribution in [0.25, 0.3) is 0 Å². The Labute approximate surface area is 188 Å². The summed E-state index contributed by atoms with van der Waals surface area (Å²) in [6.07, 6.45) is 0.251. The fourth-order valence-corrected chi connectivity index (χ4v) is 3.01. The number of carbonyl (C=O) groups is 2. The summed E-state index contributed by atoms with van der Waals surface area (Å²) in [4.78, 5) is 28.7. The van der Waals surface area contributed by atoms with E-state index in [1.807, 2.05) is 6.92 Å². The fraction of sp³-hybridized carbons (Fsp3) is 0.238. The van der Waals surface area contributed by atoms with E-state index in [-0.39, 0.29) is 23.0 Å². The average molecular weight is 464 g/mol. The van der Waals surface area contributed by atoms with E-state index in [9.17, 15) is 9.59 Å². The quantitative estimate of drug-likeness (QED) is 0.503. The number of hydrogen-bond acceptors (Lipinski definition) is 7. The maximum atomic E-state index is 12.5. The highest BCUT2D eigenvalue weighted by molar-refractivity contribution is 6.36. The van der Waals surface area contributed by atoms with Gasteiger partial charge in [0.1, 0.15) is 18.1 Å². The first-order chi connectivity index (χ1) is 14.7. The van der Waals surface area contributed by atoms with Crippen LogP contribution >= 0.6 is 23.2 Å². The first-order valence-corrected chi connectivity index (χ1v) is 9.97. The maximum absolute atomic E-state index is 12.5. The van der Waals surface area contributed by atoms with Crippen LogP contribution in [0.3, 0.4) is 0 Å². The molecule has 0 fully saturated rings. The number of rotatable bonds is 7. The highest BCUT2D eigenvalue weighted by Gasteiger charge is 2.21. The third-order valence-corrected chi connectivity index (χ3v) is 4.83. The number of aryl methyl sites for hydroxylation is 2. The minimum atomic E-state index is -1.09. The molecule has 0 aliphatic carbocycles. The lowest BCUT2D eigenvalue weighted by Gasteiger charge is -2.14. The number of hydrogen-bond donors (Lipinski definition) is 1. The lowest BCUT2D eigenvalue weighted by molar-refractivity contribution is -0.123. The number of aromatic nitrogens is 2. The highest BCUT2D eigenvalue weighted by Crippen LogP contribution is 2.23. The molecule has 1 N–H and O–H groups in total. The van der Waals surface area contributed by atoms with Crippen molar-refractivity contribution in [3.8, 4) is 5.75 Å². The molecule has 8 nitrogen and oxygen atoms in total. The number of esters is 1. The Bertz CT molecular complexity index is 1100. The average Bonchev–Trinajstić information content (AvgIpc) is 3.06. The summed E-state index contributed by atoms with van der Waals surface area (Å²) in [7, 11) is 0. The van der Waals surface area contributed by atoms with Crippen molar-refractivity contribution in [1.29, 1.82) is 0 Å². The largest absolute Gasteiger partial charge is 0.489 e. The van der Waals surface area contributed by atoms with Crippen LogP contribution in [0, 0.1) is 13.8 Å². The molecule has 31 heavy (non-hydrogen) atoms. The van der Waals surface area contributed by atoms with Crippen LogP contribution in [0.15, 0.2) is 41.1 Å². The Hall–Kier alpha value is -3.10. The molecule has 162 valence electrons. The number of carbonyl (C=O) groups excluding carboxylic acids is 2. The molecule has 0 aliphatic rings. The van der Waals surface area contributed by atoms with Gasteiger partial charge in [-0.2, -0.15) is 0 Å². The van der Waals surface area contributed by atoms with E-state index in [2.05, 4.69) is 15.5 Å². The zero-order valence-corrected chi connectivity index (χ0v) is 18.5. The minimum Gasteiger partial charge on any atom is -0.489 e. The van der Waals surface area contributed by atoms with E-state index in [0.29, 0.717) is 16.5 Å². The number of benzene rings is 1. The van der Waals surface area contributed by atoms with E-state index in [0.717, 1.165) is 11.3 Å². The summed E-state index contributed by atoms with van der Waals surface area (Å²) in [5, 5.41) is 6.87. The van der Waals surface area contributed by atoms with Crippen molar-refractivity contribution in [1.82, 2.24) is 10.1 Å². The molecule has 0 saturated heterocycles. The molecule has 1 aromatic carbocycles. The second-order valence-electron chi connectivity index (χ2n) is 6.64. The Kier molecular flexibility index (Phi) is 7.14. The first-order valence-electron chi connectivity index (χ1n) is 9.22. The molecule has 10 heteroatoms. The van der Waals surface area contributed by atoms with Gasteiger partial charge in [-0.05, 0) is 45.0 Å². The number of nitrogens with zero attached hydrogens (tertiary/aromatic N) is 2. The van der Waals surface area contributed by atoms with E-state index in [1.54, 1.807) is 25.1 Å². The van der Waals surface area contributed by atoms with Crippen molar-refractivity contribution in [2.24, 2.45) is 0 Å². The first kappa shape index (κ1) is 22.6. The van der Waals surface area contributed by atoms with Gasteiger partial charge in [0.15, 0.2) is 11.9 Å². The minimum absolute atomic E-state index is 0.119. The topological polar surface area (TPSA) is 104 Å². The van der Waals surface area contributed by atoms with Crippen LogP contribution in [0.1, 0.15) is 34.3 Å². The smallest absolute Gasteiger partial charge is 0.339 e. The standard InChI is InChI=1S/C21H19Cl2N3O5/c1-11-17(12(2)31-26-11)10-29-16-6-4-5-14(7-16)21(28)30-13(3)20(27)25-19-18(23)8-15(22)9-24-19/h4-9,13H,10H2,1-3H3,(H,24,25,27). The molecule has 2 aromatic heterocycles. The Balaban J connectivity index is 1.60. The molecule has 0 aliphatic heterocycles. The number of anilines is 1. The van der Waals surface area contributed by atoms with Gasteiger partial charge in [-0.15, -0.1) is 0 Å². The molecule has 3 aromatic rings. The van der Waals surface area contributed by atoms with Gasteiger partial charge in [0.2, 0.25) is 0 Å². The number of nitrogens with one attached hydrogen (secondary N) is 1. The number of pyridine rings is 1. The second-order valence-corrected chi connectivity index (χ2v) is 7.48. The van der Waals surface area contributed by atoms with Crippen molar-refractivity contribution in [3.05, 3.63) is 69.2 Å². The molecule has 0 bridgehead atoms. The lowest BCUT2D eigenvalue weighted by Crippen LogP contribution is -2.30. The molecule has 1 atom stereocenters. The molecule has 0 spiro atoms. The van der Waals surface area contributed by atoms with Crippen LogP contribution in [0.5, 0.6) is 5.75 Å². The van der Waals surface area contributed by atoms with Gasteiger partial charge in [0, 0.05) is 6.20 Å². The lowest BCUT2D eigenvalue weighted by atomic mass is 10.2. The molecular formula is C21H19Cl2N3O5. The Morgan fingerprint density at radius 2 is 2.00 bits per heavy atom. The number of amides is 1. The summed E-state index contributed by atoms with van der Waals surface area (Å²) in [6.45, 7) is 5.30. The van der Waals surface area contributed by atoms with E-state index < -0.39 is 18.0 Å². The maximum Gasteiger partial charge on any atom is 0.339 e. The predicted octanol–water partition coefficient (Wildman–Crippen LogP) is 4.76. The third kappa shape index (κ3) is 5.74. The van der Waals surface area contributed by atoms with Gasteiger partial charge in [-0.1, -0.05) is 34.4 Å². The zero-order chi connectivity index (χ0) is 22.5. The molecular weight excluding hydrogens is 445 g/mol. The summed E-state index contributed by atoms with van der Waals surface area (Å²) in [6, 6.07) is 7.90. The third-order valence-electron chi connectivity index (χ3n) is 4.34. The Morgan fingerprint density at radius 1 is 1.23 bits per heavy atom. The summed E-state index contributed by atoms with van der Waals surface area (Å²) in [5.41, 5.74) is 1.81. The van der Waals surface area contributed by atoms with Gasteiger partial charge in [0.05, 0.1) is 26.9 Å². The van der Waals surface area contributed by atoms with Crippen molar-refractivity contribution in [2.75, 3.05) is 5.32 Å². The van der Waals surface area contributed by atoms with Crippen LogP contribution in [-0.4, -0.2) is 28.1 Å². The fourth-order valence-electron chi connectivity index (χ4n) is 2.58. The van der Waals surface area contributed by atoms with Crippen LogP contribution in [-0.2, 0) is 16.1 Å². The molecule has 1 unspecified atom stereocenters. The zero-order valence-electron chi connectivity index (χ0n) is 16.9. The summed E-state index contributed by atoms with van der Waals surface area (Å²) >= 11 is 11.8. The van der Waals surface area contributed by atoms with Gasteiger partial charge < -0.3 is 19.3 Å². The normalized spacial score (nSPS) is 11.6. The van der Waals surface area contributed by atoms with E-state index in [4.69, 9.17) is 37.2 Å². The van der Waals surface area contributed by atoms with Crippen molar-refractivity contribution >= 4 is 40.9 Å². The van der Waals surface area contributed by atoms with Gasteiger partial charge in [0.25, 0.3) is 5.91 Å². The van der Waals surface area contributed by atoms with Crippen LogP contribution < -0.4 is 10.1 Å². The van der Waals surface area contributed by atoms with Crippen molar-refractivity contribution < 1.29 is 23.6 Å². The second kappa shape index (κ2) is 9.80. The van der Waals surface area contributed by atoms with E-state index in [1.165, 1.54) is 25.3 Å². The molecule has 0 radical (unpaired) electrons. The van der Waals surface area contributed by atoms with Crippen molar-refractivity contribution in [2.45, 2.75) is 33.5 Å². The summed E-state index contributed by atoms with van der Waals surface area (Å²) < 4.78 is 16.1. The Morgan fingerprint density at radius 3 is 2.68 bits per heavy atom. The highest BCUT2D eigenvalue weighted by atomic mass is 35.5. The molecule has 3 rings (SSSR count). The molecule has 1 amide bonds.